The molecule has 0 aromatic rings. The Morgan fingerprint density at radius 2 is 1.21 bits per heavy atom. The maximum atomic E-state index is 5.54. The summed E-state index contributed by atoms with van der Waals surface area (Å²) in [6.07, 6.45) is 11.9. The highest BCUT2D eigenvalue weighted by Crippen LogP contribution is 1.98. The maximum Gasteiger partial charge on any atom is 0.0862 e. The van der Waals surface area contributed by atoms with Gasteiger partial charge in [0.2, 0.25) is 0 Å². The maximum absolute atomic E-state index is 5.54. The fraction of sp³-hybridized carbons (Fsp3) is 0.750. The first-order valence-corrected chi connectivity index (χ1v) is 7.39. The molecule has 2 atom stereocenters. The van der Waals surface area contributed by atoms with Crippen molar-refractivity contribution in [2.24, 2.45) is 0 Å². The van der Waals surface area contributed by atoms with Gasteiger partial charge in [0.1, 0.15) is 0 Å². The fourth-order valence-corrected chi connectivity index (χ4v) is 1.20. The molecule has 0 radical (unpaired) electrons. The monoisotopic (exact) mass is 270 g/mol. The highest BCUT2D eigenvalue weighted by Gasteiger charge is 1.95. The standard InChI is InChI=1S/C16H30O3/c1-5-15(3)18-13-9-7-11-17-12-8-10-14-19-16(4)6-2/h7-8,11-12,15-16H,5-6,9-10,13-14H2,1-4H3. The Balaban J connectivity index is 3.32. The second-order valence-corrected chi connectivity index (χ2v) is 4.64. The molecule has 0 bridgehead atoms. The Morgan fingerprint density at radius 3 is 1.58 bits per heavy atom. The van der Waals surface area contributed by atoms with Gasteiger partial charge in [-0.2, -0.15) is 0 Å². The van der Waals surface area contributed by atoms with E-state index < -0.39 is 0 Å². The van der Waals surface area contributed by atoms with Crippen LogP contribution in [-0.2, 0) is 14.2 Å². The van der Waals surface area contributed by atoms with Crippen LogP contribution in [0.1, 0.15) is 53.4 Å². The molecule has 0 rings (SSSR count). The van der Waals surface area contributed by atoms with E-state index in [9.17, 15) is 0 Å². The molecule has 19 heavy (non-hydrogen) atoms. The van der Waals surface area contributed by atoms with Crippen molar-refractivity contribution in [2.45, 2.75) is 65.6 Å². The van der Waals surface area contributed by atoms with Crippen LogP contribution in [0.15, 0.2) is 24.7 Å². The molecule has 0 aliphatic heterocycles. The van der Waals surface area contributed by atoms with Crippen LogP contribution in [0, 0.1) is 0 Å². The minimum Gasteiger partial charge on any atom is -0.473 e. The Bertz CT molecular complexity index is 212. The van der Waals surface area contributed by atoms with Gasteiger partial charge in [-0.3, -0.25) is 0 Å². The Morgan fingerprint density at radius 1 is 0.789 bits per heavy atom. The molecule has 0 N–H and O–H groups in total. The normalized spacial score (nSPS) is 15.2. The van der Waals surface area contributed by atoms with Crippen LogP contribution in [0.5, 0.6) is 0 Å². The summed E-state index contributed by atoms with van der Waals surface area (Å²) in [5, 5.41) is 0. The summed E-state index contributed by atoms with van der Waals surface area (Å²) in [5.41, 5.74) is 0. The lowest BCUT2D eigenvalue weighted by Gasteiger charge is -2.08. The highest BCUT2D eigenvalue weighted by atomic mass is 16.5. The smallest absolute Gasteiger partial charge is 0.0862 e. The van der Waals surface area contributed by atoms with Crippen molar-refractivity contribution >= 4 is 0 Å². The molecule has 0 fully saturated rings. The van der Waals surface area contributed by atoms with Gasteiger partial charge in [-0.1, -0.05) is 13.8 Å². The first kappa shape index (κ1) is 18.2. The third-order valence-electron chi connectivity index (χ3n) is 2.87. The van der Waals surface area contributed by atoms with Crippen molar-refractivity contribution in [1.82, 2.24) is 0 Å². The molecule has 0 spiro atoms. The summed E-state index contributed by atoms with van der Waals surface area (Å²) in [4.78, 5) is 0. The van der Waals surface area contributed by atoms with Gasteiger partial charge in [0, 0.05) is 0 Å². The highest BCUT2D eigenvalue weighted by molar-refractivity contribution is 4.79. The second-order valence-electron chi connectivity index (χ2n) is 4.64. The lowest BCUT2D eigenvalue weighted by atomic mass is 10.3. The predicted octanol–water partition coefficient (Wildman–Crippen LogP) is 4.44. The largest absolute Gasteiger partial charge is 0.473 e. The van der Waals surface area contributed by atoms with E-state index >= 15 is 0 Å². The van der Waals surface area contributed by atoms with E-state index in [1.165, 1.54) is 0 Å². The van der Waals surface area contributed by atoms with Crippen molar-refractivity contribution in [3.63, 3.8) is 0 Å². The molecule has 3 nitrogen and oxygen atoms in total. The Labute approximate surface area is 118 Å². The third-order valence-corrected chi connectivity index (χ3v) is 2.87. The topological polar surface area (TPSA) is 27.7 Å². The molecule has 0 aromatic heterocycles. The fourth-order valence-electron chi connectivity index (χ4n) is 1.20. The van der Waals surface area contributed by atoms with E-state index in [0.717, 1.165) is 38.9 Å². The van der Waals surface area contributed by atoms with Crippen molar-refractivity contribution in [3.05, 3.63) is 24.7 Å². The van der Waals surface area contributed by atoms with E-state index in [2.05, 4.69) is 27.7 Å². The van der Waals surface area contributed by atoms with E-state index in [4.69, 9.17) is 14.2 Å². The zero-order valence-electron chi connectivity index (χ0n) is 12.9. The van der Waals surface area contributed by atoms with E-state index in [0.29, 0.717) is 12.2 Å². The van der Waals surface area contributed by atoms with Gasteiger partial charge in [-0.15, -0.1) is 0 Å². The molecular formula is C16H30O3. The lowest BCUT2D eigenvalue weighted by Crippen LogP contribution is -2.06. The molecular weight excluding hydrogens is 240 g/mol. The zero-order valence-corrected chi connectivity index (χ0v) is 12.9. The second kappa shape index (κ2) is 13.6. The van der Waals surface area contributed by atoms with Gasteiger partial charge in [0.05, 0.1) is 37.9 Å². The van der Waals surface area contributed by atoms with Crippen LogP contribution in [0.4, 0.5) is 0 Å². The minimum absolute atomic E-state index is 0.347. The lowest BCUT2D eigenvalue weighted by molar-refractivity contribution is 0.0668. The van der Waals surface area contributed by atoms with Crippen molar-refractivity contribution in [1.29, 1.82) is 0 Å². The van der Waals surface area contributed by atoms with Crippen LogP contribution < -0.4 is 0 Å². The average Bonchev–Trinajstić information content (AvgIpc) is 2.43. The van der Waals surface area contributed by atoms with Crippen LogP contribution in [-0.4, -0.2) is 25.4 Å². The van der Waals surface area contributed by atoms with Gasteiger partial charge < -0.3 is 14.2 Å². The van der Waals surface area contributed by atoms with Gasteiger partial charge in [-0.25, -0.2) is 0 Å². The summed E-state index contributed by atoms with van der Waals surface area (Å²) >= 11 is 0. The van der Waals surface area contributed by atoms with Crippen LogP contribution in [0.2, 0.25) is 0 Å². The minimum atomic E-state index is 0.347. The molecule has 0 aliphatic carbocycles. The molecule has 0 aromatic carbocycles. The molecule has 3 heteroatoms. The number of hydrogen-bond acceptors (Lipinski definition) is 3. The zero-order chi connectivity index (χ0) is 14.3. The first-order valence-electron chi connectivity index (χ1n) is 7.39. The molecule has 0 aliphatic rings. The van der Waals surface area contributed by atoms with Crippen molar-refractivity contribution in [2.75, 3.05) is 13.2 Å². The third kappa shape index (κ3) is 13.4. The molecule has 0 saturated heterocycles. The molecule has 0 amide bonds. The van der Waals surface area contributed by atoms with Gasteiger partial charge in [0.15, 0.2) is 0 Å². The summed E-state index contributed by atoms with van der Waals surface area (Å²) < 4.78 is 16.3. The Hall–Kier alpha value is -0.800. The molecule has 0 heterocycles. The quantitative estimate of drug-likeness (QED) is 0.387. The van der Waals surface area contributed by atoms with Crippen LogP contribution in [0.3, 0.4) is 0 Å². The van der Waals surface area contributed by atoms with Crippen LogP contribution >= 0.6 is 0 Å². The first-order chi connectivity index (χ1) is 9.20. The summed E-state index contributed by atoms with van der Waals surface area (Å²) in [6.45, 7) is 9.93. The van der Waals surface area contributed by atoms with Crippen molar-refractivity contribution < 1.29 is 14.2 Å². The van der Waals surface area contributed by atoms with E-state index in [1.807, 2.05) is 12.2 Å². The summed E-state index contributed by atoms with van der Waals surface area (Å²) in [5.74, 6) is 0. The van der Waals surface area contributed by atoms with Crippen molar-refractivity contribution in [3.8, 4) is 0 Å². The van der Waals surface area contributed by atoms with Gasteiger partial charge in [-0.05, 0) is 51.7 Å². The summed E-state index contributed by atoms with van der Waals surface area (Å²) in [7, 11) is 0. The summed E-state index contributed by atoms with van der Waals surface area (Å²) in [6, 6.07) is 0. The molecule has 2 unspecified atom stereocenters. The van der Waals surface area contributed by atoms with E-state index in [1.54, 1.807) is 12.5 Å². The SMILES string of the molecule is CCC(C)OCCC=COC=CCCOC(C)CC. The van der Waals surface area contributed by atoms with E-state index in [-0.39, 0.29) is 0 Å². The number of ether oxygens (including phenoxy) is 3. The van der Waals surface area contributed by atoms with Gasteiger partial charge in [0.25, 0.3) is 0 Å². The Kier molecular flexibility index (Phi) is 13.1. The number of hydrogen-bond donors (Lipinski definition) is 0. The van der Waals surface area contributed by atoms with Gasteiger partial charge >= 0.3 is 0 Å². The predicted molar refractivity (Wildman–Crippen MR) is 80.0 cm³/mol. The molecule has 112 valence electrons. The number of rotatable bonds is 12. The van der Waals surface area contributed by atoms with Crippen LogP contribution in [0.25, 0.3) is 0 Å². The molecule has 0 saturated carbocycles. The average molecular weight is 270 g/mol.